The summed E-state index contributed by atoms with van der Waals surface area (Å²) in [5.74, 6) is 1.71. The lowest BCUT2D eigenvalue weighted by molar-refractivity contribution is -0.141. The van der Waals surface area contributed by atoms with Crippen LogP contribution in [0.3, 0.4) is 0 Å². The molecule has 14 heavy (non-hydrogen) atoms. The minimum Gasteiger partial charge on any atom is -0.480 e. The van der Waals surface area contributed by atoms with Gasteiger partial charge in [-0.2, -0.15) is 0 Å². The van der Waals surface area contributed by atoms with E-state index in [2.05, 4.69) is 25.6 Å². The highest BCUT2D eigenvalue weighted by Crippen LogP contribution is 2.14. The summed E-state index contributed by atoms with van der Waals surface area (Å²) in [4.78, 5) is 11.0. The first kappa shape index (κ1) is 13.2. The van der Waals surface area contributed by atoms with Crippen LogP contribution in [0.25, 0.3) is 0 Å². The molecule has 4 heteroatoms. The summed E-state index contributed by atoms with van der Waals surface area (Å²) >= 11 is 0. The van der Waals surface area contributed by atoms with Crippen molar-refractivity contribution in [3.05, 3.63) is 0 Å². The van der Waals surface area contributed by atoms with E-state index in [1.165, 1.54) is 0 Å². The highest BCUT2D eigenvalue weighted by molar-refractivity contribution is 6.73. The molecule has 0 aliphatic carbocycles. The molecule has 1 N–H and O–H groups in total. The zero-order chi connectivity index (χ0) is 11.4. The lowest BCUT2D eigenvalue weighted by Gasteiger charge is -2.34. The summed E-state index contributed by atoms with van der Waals surface area (Å²) in [5.41, 5.74) is 0. The highest BCUT2D eigenvalue weighted by Gasteiger charge is 2.31. The van der Waals surface area contributed by atoms with E-state index < -0.39 is 20.2 Å². The molecule has 1 unspecified atom stereocenters. The standard InChI is InChI=1S/C10H19NO2Si/c1-6-7-8-9(10(12)13)11(2)14(3,4)5/h1,9H,7-8H2,2-5H3,(H,12,13). The van der Waals surface area contributed by atoms with Gasteiger partial charge in [-0.3, -0.25) is 4.79 Å². The second kappa shape index (κ2) is 5.18. The van der Waals surface area contributed by atoms with Crippen molar-refractivity contribution in [1.82, 2.24) is 4.57 Å². The Balaban J connectivity index is 4.51. The molecule has 0 radical (unpaired) electrons. The van der Waals surface area contributed by atoms with E-state index in [9.17, 15) is 4.79 Å². The Morgan fingerprint density at radius 1 is 1.57 bits per heavy atom. The van der Waals surface area contributed by atoms with Crippen LogP contribution in [0.5, 0.6) is 0 Å². The van der Waals surface area contributed by atoms with Gasteiger partial charge in [-0.05, 0) is 13.5 Å². The van der Waals surface area contributed by atoms with Crippen molar-refractivity contribution >= 4 is 14.2 Å². The van der Waals surface area contributed by atoms with Crippen LogP contribution in [-0.2, 0) is 4.79 Å². The monoisotopic (exact) mass is 213 g/mol. The third-order valence-electron chi connectivity index (χ3n) is 2.37. The van der Waals surface area contributed by atoms with Crippen molar-refractivity contribution in [3.63, 3.8) is 0 Å². The minimum absolute atomic E-state index is 0.433. The molecule has 0 aromatic carbocycles. The first-order chi connectivity index (χ1) is 6.30. The van der Waals surface area contributed by atoms with Crippen molar-refractivity contribution in [1.29, 1.82) is 0 Å². The van der Waals surface area contributed by atoms with Gasteiger partial charge < -0.3 is 9.67 Å². The molecule has 1 atom stereocenters. The molecule has 0 fully saturated rings. The number of carbonyl (C=O) groups is 1. The fourth-order valence-electron chi connectivity index (χ4n) is 1.17. The van der Waals surface area contributed by atoms with Crippen LogP contribution in [0.2, 0.25) is 19.6 Å². The molecule has 0 bridgehead atoms. The normalized spacial score (nSPS) is 13.7. The van der Waals surface area contributed by atoms with Crippen LogP contribution >= 0.6 is 0 Å². The third-order valence-corrected chi connectivity index (χ3v) is 4.80. The van der Waals surface area contributed by atoms with Crippen molar-refractivity contribution in [2.45, 2.75) is 38.5 Å². The number of hydrogen-bond donors (Lipinski definition) is 1. The highest BCUT2D eigenvalue weighted by atomic mass is 28.3. The number of carboxylic acid groups (broad SMARTS) is 1. The van der Waals surface area contributed by atoms with E-state index >= 15 is 0 Å². The Hall–Kier alpha value is -0.793. The van der Waals surface area contributed by atoms with Crippen molar-refractivity contribution in [2.75, 3.05) is 7.05 Å². The first-order valence-corrected chi connectivity index (χ1v) is 8.14. The zero-order valence-corrected chi connectivity index (χ0v) is 10.4. The first-order valence-electron chi connectivity index (χ1n) is 4.70. The van der Waals surface area contributed by atoms with Crippen LogP contribution in [0.15, 0.2) is 0 Å². The van der Waals surface area contributed by atoms with E-state index in [0.29, 0.717) is 12.8 Å². The number of nitrogens with zero attached hydrogens (tertiary/aromatic N) is 1. The molecular weight excluding hydrogens is 194 g/mol. The molecule has 0 heterocycles. The number of carboxylic acids is 1. The second-order valence-corrected chi connectivity index (χ2v) is 9.43. The van der Waals surface area contributed by atoms with Gasteiger partial charge in [0, 0.05) is 6.42 Å². The van der Waals surface area contributed by atoms with Gasteiger partial charge in [0.25, 0.3) is 0 Å². The molecule has 0 amide bonds. The Morgan fingerprint density at radius 3 is 2.36 bits per heavy atom. The van der Waals surface area contributed by atoms with E-state index in [1.54, 1.807) is 0 Å². The van der Waals surface area contributed by atoms with Crippen LogP contribution in [0, 0.1) is 12.3 Å². The van der Waals surface area contributed by atoms with Crippen LogP contribution in [0.1, 0.15) is 12.8 Å². The molecule has 0 spiro atoms. The molecule has 0 rings (SSSR count). The van der Waals surface area contributed by atoms with E-state index in [1.807, 2.05) is 11.6 Å². The van der Waals surface area contributed by atoms with Gasteiger partial charge in [0.1, 0.15) is 14.3 Å². The number of hydrogen-bond acceptors (Lipinski definition) is 2. The lowest BCUT2D eigenvalue weighted by Crippen LogP contribution is -2.52. The fraction of sp³-hybridized carbons (Fsp3) is 0.700. The topological polar surface area (TPSA) is 40.5 Å². The molecule has 0 aliphatic heterocycles. The number of aliphatic carboxylic acids is 1. The van der Waals surface area contributed by atoms with Gasteiger partial charge in [-0.25, -0.2) is 0 Å². The van der Waals surface area contributed by atoms with E-state index in [-0.39, 0.29) is 0 Å². The molecule has 0 aliphatic rings. The van der Waals surface area contributed by atoms with Gasteiger partial charge >= 0.3 is 5.97 Å². The maximum atomic E-state index is 11.0. The molecule has 0 saturated heterocycles. The predicted octanol–water partition coefficient (Wildman–Crippen LogP) is 1.62. The summed E-state index contributed by atoms with van der Waals surface area (Å²) in [6.07, 6.45) is 6.19. The van der Waals surface area contributed by atoms with Gasteiger partial charge in [0.05, 0.1) is 0 Å². The van der Waals surface area contributed by atoms with Crippen LogP contribution in [0.4, 0.5) is 0 Å². The van der Waals surface area contributed by atoms with Crippen molar-refractivity contribution < 1.29 is 9.90 Å². The second-order valence-electron chi connectivity index (χ2n) is 4.38. The molecule has 80 valence electrons. The smallest absolute Gasteiger partial charge is 0.320 e. The lowest BCUT2D eigenvalue weighted by atomic mass is 10.2. The zero-order valence-electron chi connectivity index (χ0n) is 9.37. The molecule has 3 nitrogen and oxygen atoms in total. The number of rotatable bonds is 5. The molecule has 0 aromatic heterocycles. The van der Waals surface area contributed by atoms with Crippen molar-refractivity contribution in [2.24, 2.45) is 0 Å². The molecule has 0 aromatic rings. The quantitative estimate of drug-likeness (QED) is 0.557. The maximum absolute atomic E-state index is 11.0. The largest absolute Gasteiger partial charge is 0.480 e. The fourth-order valence-corrected chi connectivity index (χ4v) is 2.34. The summed E-state index contributed by atoms with van der Waals surface area (Å²) < 4.78 is 1.98. The molecular formula is C10H19NO2Si. The van der Waals surface area contributed by atoms with E-state index in [4.69, 9.17) is 11.5 Å². The SMILES string of the molecule is C#CCCC(C(=O)O)N(C)[Si](C)(C)C. The third kappa shape index (κ3) is 3.94. The average molecular weight is 213 g/mol. The van der Waals surface area contributed by atoms with Crippen molar-refractivity contribution in [3.8, 4) is 12.3 Å². The number of terminal acetylenes is 1. The maximum Gasteiger partial charge on any atom is 0.320 e. The summed E-state index contributed by atoms with van der Waals surface area (Å²) in [5, 5.41) is 9.05. The van der Waals surface area contributed by atoms with Gasteiger partial charge in [-0.15, -0.1) is 12.3 Å². The predicted molar refractivity (Wildman–Crippen MR) is 60.6 cm³/mol. The Kier molecular flexibility index (Phi) is 4.88. The Morgan fingerprint density at radius 2 is 2.07 bits per heavy atom. The van der Waals surface area contributed by atoms with E-state index in [0.717, 1.165) is 0 Å². The summed E-state index contributed by atoms with van der Waals surface area (Å²) in [6.45, 7) is 6.37. The Labute approximate surface area is 87.2 Å². The minimum atomic E-state index is -1.55. The van der Waals surface area contributed by atoms with Gasteiger partial charge in [0.15, 0.2) is 0 Å². The summed E-state index contributed by atoms with van der Waals surface area (Å²) in [6, 6.07) is -0.433. The van der Waals surface area contributed by atoms with Gasteiger partial charge in [0.2, 0.25) is 0 Å². The van der Waals surface area contributed by atoms with Crippen LogP contribution in [-0.4, -0.2) is 37.0 Å². The van der Waals surface area contributed by atoms with Crippen LogP contribution < -0.4 is 0 Å². The Bertz CT molecular complexity index is 239. The average Bonchev–Trinajstić information content (AvgIpc) is 2.02. The van der Waals surface area contributed by atoms with Gasteiger partial charge in [-0.1, -0.05) is 19.6 Å². The molecule has 0 saturated carbocycles. The summed E-state index contributed by atoms with van der Waals surface area (Å²) in [7, 11) is 0.324. The number of likely N-dealkylation sites (N-methyl/N-ethyl adjacent to an activating group) is 1.